The highest BCUT2D eigenvalue weighted by Crippen LogP contribution is 2.23. The molecule has 2 aromatic carbocycles. The molecule has 0 aliphatic carbocycles. The van der Waals surface area contributed by atoms with E-state index in [9.17, 15) is 22.0 Å². The van der Waals surface area contributed by atoms with Gasteiger partial charge in [0, 0.05) is 39.5 Å². The zero-order valence-corrected chi connectivity index (χ0v) is 20.1. The maximum absolute atomic E-state index is 12.8. The van der Waals surface area contributed by atoms with E-state index in [4.69, 9.17) is 0 Å². The number of aryl methyl sites for hydroxylation is 2. The van der Waals surface area contributed by atoms with Crippen molar-refractivity contribution in [2.24, 2.45) is 7.05 Å². The molecule has 1 N–H and O–H groups in total. The highest BCUT2D eigenvalue weighted by atomic mass is 32.2. The summed E-state index contributed by atoms with van der Waals surface area (Å²) >= 11 is 0. The highest BCUT2D eigenvalue weighted by Gasteiger charge is 2.22. The van der Waals surface area contributed by atoms with Crippen molar-refractivity contribution < 1.29 is 26.7 Å². The van der Waals surface area contributed by atoms with Crippen LogP contribution in [0, 0.1) is 0 Å². The van der Waals surface area contributed by atoms with Gasteiger partial charge in [-0.2, -0.15) is 13.1 Å². The summed E-state index contributed by atoms with van der Waals surface area (Å²) in [6.45, 7) is 1.72. The average Bonchev–Trinajstić information content (AvgIpc) is 3.12. The van der Waals surface area contributed by atoms with Gasteiger partial charge in [0.2, 0.25) is 15.9 Å². The van der Waals surface area contributed by atoms with Gasteiger partial charge >= 0.3 is 6.61 Å². The minimum Gasteiger partial charge on any atom is -0.435 e. The lowest BCUT2D eigenvalue weighted by atomic mass is 10.2. The van der Waals surface area contributed by atoms with Crippen LogP contribution in [0.3, 0.4) is 0 Å². The van der Waals surface area contributed by atoms with Crippen molar-refractivity contribution in [1.29, 1.82) is 0 Å². The van der Waals surface area contributed by atoms with Crippen LogP contribution in [0.4, 0.5) is 8.78 Å². The molecule has 0 bridgehead atoms. The van der Waals surface area contributed by atoms with E-state index in [1.54, 1.807) is 44.2 Å². The molecule has 0 atom stereocenters. The fraction of sp³-hybridized carbons (Fsp3) is 0.391. The molecule has 3 aromatic rings. The predicted octanol–water partition coefficient (Wildman–Crippen LogP) is 3.45. The van der Waals surface area contributed by atoms with Gasteiger partial charge in [-0.3, -0.25) is 4.79 Å². The number of carbonyl (C=O) groups excluding carboxylic acids is 1. The standard InChI is InChI=1S/C23H28F2N4O4S/c1-4-29(5-2)34(31,32)18-10-11-20-19(14-18)27-21(28(20)3)12-13-22(30)26-15-16-6-8-17(9-7-16)33-23(24)25/h6-11,14,23H,4-5,12-13,15H2,1-3H3,(H,26,30). The quantitative estimate of drug-likeness (QED) is 0.441. The number of rotatable bonds is 11. The number of hydrogen-bond donors (Lipinski definition) is 1. The number of halogens is 2. The largest absolute Gasteiger partial charge is 0.435 e. The van der Waals surface area contributed by atoms with Crippen molar-refractivity contribution in [1.82, 2.24) is 19.2 Å². The van der Waals surface area contributed by atoms with Crippen LogP contribution in [0.2, 0.25) is 0 Å². The van der Waals surface area contributed by atoms with Crippen molar-refractivity contribution in [2.45, 2.75) is 44.7 Å². The molecule has 0 aliphatic rings. The van der Waals surface area contributed by atoms with Gasteiger partial charge < -0.3 is 14.6 Å². The molecule has 0 saturated heterocycles. The summed E-state index contributed by atoms with van der Waals surface area (Å²) in [5.74, 6) is 0.528. The SMILES string of the molecule is CCN(CC)S(=O)(=O)c1ccc2c(c1)nc(CCC(=O)NCc1ccc(OC(F)F)cc1)n2C. The van der Waals surface area contributed by atoms with Crippen molar-refractivity contribution in [3.63, 3.8) is 0 Å². The normalized spacial score (nSPS) is 12.0. The second kappa shape index (κ2) is 10.9. The summed E-state index contributed by atoms with van der Waals surface area (Å²) in [4.78, 5) is 17.0. The molecular formula is C23H28F2N4O4S. The second-order valence-corrected chi connectivity index (χ2v) is 9.56. The van der Waals surface area contributed by atoms with E-state index < -0.39 is 16.6 Å². The third kappa shape index (κ3) is 5.89. The number of sulfonamides is 1. The molecule has 0 aliphatic heterocycles. The summed E-state index contributed by atoms with van der Waals surface area (Å²) in [5.41, 5.74) is 2.08. The fourth-order valence-electron chi connectivity index (χ4n) is 3.63. The Hall–Kier alpha value is -3.05. The lowest BCUT2D eigenvalue weighted by Crippen LogP contribution is -2.30. The molecular weight excluding hydrogens is 466 g/mol. The lowest BCUT2D eigenvalue weighted by Gasteiger charge is -2.18. The van der Waals surface area contributed by atoms with E-state index in [0.717, 1.165) is 11.1 Å². The molecule has 34 heavy (non-hydrogen) atoms. The number of carbonyl (C=O) groups is 1. The molecule has 0 spiro atoms. The third-order valence-electron chi connectivity index (χ3n) is 5.50. The van der Waals surface area contributed by atoms with E-state index in [1.165, 1.54) is 16.4 Å². The molecule has 184 valence electrons. The van der Waals surface area contributed by atoms with E-state index in [2.05, 4.69) is 15.0 Å². The van der Waals surface area contributed by atoms with Gasteiger partial charge in [0.25, 0.3) is 0 Å². The number of hydrogen-bond acceptors (Lipinski definition) is 5. The second-order valence-electron chi connectivity index (χ2n) is 7.63. The number of amides is 1. The topological polar surface area (TPSA) is 93.5 Å². The van der Waals surface area contributed by atoms with E-state index in [1.807, 2.05) is 11.6 Å². The van der Waals surface area contributed by atoms with Crippen LogP contribution in [0.15, 0.2) is 47.4 Å². The van der Waals surface area contributed by atoms with Gasteiger partial charge in [0.1, 0.15) is 11.6 Å². The van der Waals surface area contributed by atoms with Gasteiger partial charge in [-0.05, 0) is 35.9 Å². The Bertz CT molecular complexity index is 1240. The molecule has 1 aromatic heterocycles. The molecule has 8 nitrogen and oxygen atoms in total. The first kappa shape index (κ1) is 25.6. The average molecular weight is 495 g/mol. The van der Waals surface area contributed by atoms with Crippen LogP contribution in [-0.2, 0) is 34.8 Å². The maximum atomic E-state index is 12.8. The number of nitrogens with one attached hydrogen (secondary N) is 1. The van der Waals surface area contributed by atoms with Gasteiger partial charge in [0.05, 0.1) is 15.9 Å². The first-order valence-electron chi connectivity index (χ1n) is 10.9. The third-order valence-corrected chi connectivity index (χ3v) is 7.55. The number of nitrogens with zero attached hydrogens (tertiary/aromatic N) is 3. The summed E-state index contributed by atoms with van der Waals surface area (Å²) < 4.78 is 57.6. The monoisotopic (exact) mass is 494 g/mol. The molecule has 0 saturated carbocycles. The Morgan fingerprint density at radius 1 is 1.15 bits per heavy atom. The van der Waals surface area contributed by atoms with Crippen molar-refractivity contribution in [2.75, 3.05) is 13.1 Å². The Balaban J connectivity index is 1.62. The van der Waals surface area contributed by atoms with E-state index in [0.29, 0.717) is 30.9 Å². The number of ether oxygens (including phenoxy) is 1. The highest BCUT2D eigenvalue weighted by molar-refractivity contribution is 7.89. The summed E-state index contributed by atoms with van der Waals surface area (Å²) in [5, 5.41) is 2.79. The first-order valence-corrected chi connectivity index (χ1v) is 12.4. The van der Waals surface area contributed by atoms with Crippen molar-refractivity contribution in [3.8, 4) is 5.75 Å². The van der Waals surface area contributed by atoms with Crippen LogP contribution in [0.5, 0.6) is 5.75 Å². The van der Waals surface area contributed by atoms with Crippen LogP contribution in [0.1, 0.15) is 31.7 Å². The zero-order chi connectivity index (χ0) is 24.9. The smallest absolute Gasteiger partial charge is 0.387 e. The molecule has 1 amide bonds. The summed E-state index contributed by atoms with van der Waals surface area (Å²) in [6.07, 6.45) is 0.560. The van der Waals surface area contributed by atoms with Crippen LogP contribution < -0.4 is 10.1 Å². The van der Waals surface area contributed by atoms with Crippen LogP contribution in [-0.4, -0.2) is 47.9 Å². The van der Waals surface area contributed by atoms with Gasteiger partial charge in [-0.25, -0.2) is 13.4 Å². The summed E-state index contributed by atoms with van der Waals surface area (Å²) in [6, 6.07) is 10.9. The maximum Gasteiger partial charge on any atom is 0.387 e. The van der Waals surface area contributed by atoms with Gasteiger partial charge in [-0.1, -0.05) is 26.0 Å². The number of aromatic nitrogens is 2. The van der Waals surface area contributed by atoms with E-state index >= 15 is 0 Å². The molecule has 11 heteroatoms. The number of benzene rings is 2. The number of imidazole rings is 1. The molecule has 0 radical (unpaired) electrons. The van der Waals surface area contributed by atoms with Gasteiger partial charge in [-0.15, -0.1) is 0 Å². The minimum absolute atomic E-state index is 0.0555. The van der Waals surface area contributed by atoms with Gasteiger partial charge in [0.15, 0.2) is 0 Å². The zero-order valence-electron chi connectivity index (χ0n) is 19.3. The molecule has 0 unspecified atom stereocenters. The molecule has 3 rings (SSSR count). The molecule has 0 fully saturated rings. The van der Waals surface area contributed by atoms with Crippen LogP contribution in [0.25, 0.3) is 11.0 Å². The van der Waals surface area contributed by atoms with Crippen molar-refractivity contribution >= 4 is 27.0 Å². The number of fused-ring (bicyclic) bond motifs is 1. The Morgan fingerprint density at radius 2 is 1.82 bits per heavy atom. The van der Waals surface area contributed by atoms with Crippen LogP contribution >= 0.6 is 0 Å². The van der Waals surface area contributed by atoms with E-state index in [-0.39, 0.29) is 29.5 Å². The van der Waals surface area contributed by atoms with Crippen molar-refractivity contribution in [3.05, 3.63) is 53.9 Å². The minimum atomic E-state index is -3.59. The Labute approximate surface area is 197 Å². The number of alkyl halides is 2. The molecule has 1 heterocycles. The first-order chi connectivity index (χ1) is 16.1. The summed E-state index contributed by atoms with van der Waals surface area (Å²) in [7, 11) is -1.77. The lowest BCUT2D eigenvalue weighted by molar-refractivity contribution is -0.121. The fourth-order valence-corrected chi connectivity index (χ4v) is 5.11. The Morgan fingerprint density at radius 3 is 2.44 bits per heavy atom. The predicted molar refractivity (Wildman–Crippen MR) is 124 cm³/mol. The Kier molecular flexibility index (Phi) is 8.21.